The lowest BCUT2D eigenvalue weighted by Crippen LogP contribution is -2.12. The maximum absolute atomic E-state index is 4.52. The lowest BCUT2D eigenvalue weighted by molar-refractivity contribution is 0.590. The molecule has 3 rings (SSSR count). The second kappa shape index (κ2) is 4.49. The number of nitrogens with one attached hydrogen (secondary N) is 1. The van der Waals surface area contributed by atoms with Gasteiger partial charge in [0.25, 0.3) is 0 Å². The average molecular weight is 255 g/mol. The highest BCUT2D eigenvalue weighted by molar-refractivity contribution is 5.70. The van der Waals surface area contributed by atoms with Crippen LogP contribution < -0.4 is 5.32 Å². The van der Waals surface area contributed by atoms with Gasteiger partial charge in [-0.2, -0.15) is 5.10 Å². The van der Waals surface area contributed by atoms with E-state index in [0.29, 0.717) is 6.04 Å². The molecule has 0 bridgehead atoms. The van der Waals surface area contributed by atoms with Crippen molar-refractivity contribution in [2.45, 2.75) is 32.7 Å². The van der Waals surface area contributed by atoms with Gasteiger partial charge >= 0.3 is 0 Å². The Bertz CT molecular complexity index is 625. The fraction of sp³-hybridized carbons (Fsp3) is 0.438. The molecule has 1 heterocycles. The lowest BCUT2D eigenvalue weighted by Gasteiger charge is -2.12. The Morgan fingerprint density at radius 2 is 2.11 bits per heavy atom. The van der Waals surface area contributed by atoms with E-state index in [1.807, 2.05) is 18.8 Å². The molecule has 1 aromatic carbocycles. The van der Waals surface area contributed by atoms with Crippen LogP contribution in [0.15, 0.2) is 18.2 Å². The predicted molar refractivity (Wildman–Crippen MR) is 78.2 cm³/mol. The smallest absolute Gasteiger partial charge is 0.0674 e. The van der Waals surface area contributed by atoms with Crippen LogP contribution in [0.2, 0.25) is 0 Å². The van der Waals surface area contributed by atoms with E-state index in [1.54, 1.807) is 0 Å². The molecule has 1 aromatic heterocycles. The van der Waals surface area contributed by atoms with E-state index in [0.717, 1.165) is 5.69 Å². The highest BCUT2D eigenvalue weighted by atomic mass is 15.3. The molecule has 0 amide bonds. The van der Waals surface area contributed by atoms with Gasteiger partial charge in [0.2, 0.25) is 0 Å². The van der Waals surface area contributed by atoms with E-state index < -0.39 is 0 Å². The summed E-state index contributed by atoms with van der Waals surface area (Å²) in [7, 11) is 4.06. The van der Waals surface area contributed by atoms with Gasteiger partial charge in [0.15, 0.2) is 0 Å². The van der Waals surface area contributed by atoms with Gasteiger partial charge in [0.05, 0.1) is 5.69 Å². The zero-order chi connectivity index (χ0) is 13.6. The minimum atomic E-state index is 0.507. The number of aromatic nitrogens is 2. The van der Waals surface area contributed by atoms with E-state index in [4.69, 9.17) is 0 Å². The van der Waals surface area contributed by atoms with Gasteiger partial charge in [0.1, 0.15) is 0 Å². The molecule has 0 unspecified atom stereocenters. The van der Waals surface area contributed by atoms with Gasteiger partial charge in [-0.15, -0.1) is 0 Å². The highest BCUT2D eigenvalue weighted by Gasteiger charge is 2.22. The Morgan fingerprint density at radius 3 is 2.74 bits per heavy atom. The molecule has 0 radical (unpaired) electrons. The lowest BCUT2D eigenvalue weighted by atomic mass is 9.98. The van der Waals surface area contributed by atoms with E-state index in [-0.39, 0.29) is 0 Å². The molecule has 1 N–H and O–H groups in total. The number of hydrogen-bond donors (Lipinski definition) is 1. The Balaban J connectivity index is 2.12. The molecule has 19 heavy (non-hydrogen) atoms. The summed E-state index contributed by atoms with van der Waals surface area (Å²) < 4.78 is 1.97. The van der Waals surface area contributed by atoms with Crippen molar-refractivity contribution in [2.75, 3.05) is 7.05 Å². The summed E-state index contributed by atoms with van der Waals surface area (Å²) in [5.41, 5.74) is 7.87. The van der Waals surface area contributed by atoms with Crippen molar-refractivity contribution >= 4 is 0 Å². The van der Waals surface area contributed by atoms with Crippen molar-refractivity contribution < 1.29 is 0 Å². The molecule has 0 fully saturated rings. The maximum atomic E-state index is 4.52. The summed E-state index contributed by atoms with van der Waals surface area (Å²) in [6.45, 7) is 4.23. The van der Waals surface area contributed by atoms with E-state index >= 15 is 0 Å². The van der Waals surface area contributed by atoms with Crippen LogP contribution in [0.3, 0.4) is 0 Å². The largest absolute Gasteiger partial charge is 0.313 e. The summed E-state index contributed by atoms with van der Waals surface area (Å²) in [6, 6.07) is 7.38. The molecule has 0 saturated heterocycles. The van der Waals surface area contributed by atoms with Crippen LogP contribution in [-0.2, 0) is 13.5 Å². The molecule has 3 heteroatoms. The first kappa shape index (κ1) is 12.4. The van der Waals surface area contributed by atoms with Gasteiger partial charge in [-0.25, -0.2) is 0 Å². The van der Waals surface area contributed by atoms with Crippen LogP contribution in [0.25, 0.3) is 11.1 Å². The van der Waals surface area contributed by atoms with Crippen LogP contribution in [0, 0.1) is 13.8 Å². The SMILES string of the molecule is CN[C@@H]1CCc2ccc(-c3c(C)nn(C)c3C)cc21. The zero-order valence-corrected chi connectivity index (χ0v) is 12.1. The predicted octanol–water partition coefficient (Wildman–Crippen LogP) is 2.91. The summed E-state index contributed by atoms with van der Waals surface area (Å²) in [5, 5.41) is 7.93. The van der Waals surface area contributed by atoms with Crippen LogP contribution >= 0.6 is 0 Å². The Kier molecular flexibility index (Phi) is 2.94. The molecule has 2 aromatic rings. The number of aryl methyl sites for hydroxylation is 3. The van der Waals surface area contributed by atoms with Crippen molar-refractivity contribution in [3.63, 3.8) is 0 Å². The van der Waals surface area contributed by atoms with Crippen LogP contribution in [-0.4, -0.2) is 16.8 Å². The fourth-order valence-corrected chi connectivity index (χ4v) is 3.25. The van der Waals surface area contributed by atoms with Gasteiger partial charge < -0.3 is 5.32 Å². The Hall–Kier alpha value is -1.61. The number of benzene rings is 1. The molecule has 1 aliphatic carbocycles. The quantitative estimate of drug-likeness (QED) is 0.894. The summed E-state index contributed by atoms with van der Waals surface area (Å²) in [5.74, 6) is 0. The Morgan fingerprint density at radius 1 is 1.32 bits per heavy atom. The summed E-state index contributed by atoms with van der Waals surface area (Å²) in [6.07, 6.45) is 2.40. The van der Waals surface area contributed by atoms with Crippen molar-refractivity contribution in [3.05, 3.63) is 40.7 Å². The van der Waals surface area contributed by atoms with Crippen molar-refractivity contribution in [3.8, 4) is 11.1 Å². The number of hydrogen-bond acceptors (Lipinski definition) is 2. The number of nitrogens with zero attached hydrogens (tertiary/aromatic N) is 2. The first-order chi connectivity index (χ1) is 9.11. The van der Waals surface area contributed by atoms with Crippen molar-refractivity contribution in [1.82, 2.24) is 15.1 Å². The first-order valence-electron chi connectivity index (χ1n) is 6.92. The summed E-state index contributed by atoms with van der Waals surface area (Å²) in [4.78, 5) is 0. The average Bonchev–Trinajstić information content (AvgIpc) is 2.91. The number of fused-ring (bicyclic) bond motifs is 1. The molecule has 0 saturated carbocycles. The van der Waals surface area contributed by atoms with Crippen LogP contribution in [0.4, 0.5) is 0 Å². The first-order valence-corrected chi connectivity index (χ1v) is 6.92. The molecule has 1 atom stereocenters. The molecule has 100 valence electrons. The van der Waals surface area contributed by atoms with Gasteiger partial charge in [-0.05, 0) is 56.5 Å². The van der Waals surface area contributed by atoms with Crippen LogP contribution in [0.5, 0.6) is 0 Å². The monoisotopic (exact) mass is 255 g/mol. The third kappa shape index (κ3) is 1.89. The maximum Gasteiger partial charge on any atom is 0.0674 e. The molecular weight excluding hydrogens is 234 g/mol. The second-order valence-corrected chi connectivity index (χ2v) is 5.46. The third-order valence-electron chi connectivity index (χ3n) is 4.37. The zero-order valence-electron chi connectivity index (χ0n) is 12.1. The summed E-state index contributed by atoms with van der Waals surface area (Å²) >= 11 is 0. The fourth-order valence-electron chi connectivity index (χ4n) is 3.25. The van der Waals surface area contributed by atoms with Crippen molar-refractivity contribution in [2.24, 2.45) is 7.05 Å². The third-order valence-corrected chi connectivity index (χ3v) is 4.37. The topological polar surface area (TPSA) is 29.9 Å². The second-order valence-electron chi connectivity index (χ2n) is 5.46. The van der Waals surface area contributed by atoms with Crippen LogP contribution in [0.1, 0.15) is 35.0 Å². The molecule has 1 aliphatic rings. The minimum absolute atomic E-state index is 0.507. The standard InChI is InChI=1S/C16H21N3/c1-10-16(11(2)19(4)18-10)13-6-5-12-7-8-15(17-3)14(12)9-13/h5-6,9,15,17H,7-8H2,1-4H3/t15-/m1/s1. The van der Waals surface area contributed by atoms with Gasteiger partial charge in [0, 0.05) is 24.3 Å². The normalized spacial score (nSPS) is 17.8. The van der Waals surface area contributed by atoms with Crippen molar-refractivity contribution in [1.29, 1.82) is 0 Å². The molecular formula is C16H21N3. The highest BCUT2D eigenvalue weighted by Crippen LogP contribution is 2.35. The molecule has 0 aliphatic heterocycles. The molecule has 3 nitrogen and oxygen atoms in total. The van der Waals surface area contributed by atoms with Gasteiger partial charge in [-0.3, -0.25) is 4.68 Å². The molecule has 0 spiro atoms. The number of rotatable bonds is 2. The minimum Gasteiger partial charge on any atom is -0.313 e. The van der Waals surface area contributed by atoms with E-state index in [9.17, 15) is 0 Å². The van der Waals surface area contributed by atoms with E-state index in [2.05, 4.69) is 42.5 Å². The van der Waals surface area contributed by atoms with E-state index in [1.165, 1.54) is 40.8 Å². The Labute approximate surface area is 114 Å². The van der Waals surface area contributed by atoms with Gasteiger partial charge in [-0.1, -0.05) is 12.1 Å².